The van der Waals surface area contributed by atoms with Crippen molar-refractivity contribution in [2.45, 2.75) is 25.8 Å². The monoisotopic (exact) mass is 420 g/mol. The Bertz CT molecular complexity index is 1080. The molecule has 0 unspecified atom stereocenters. The summed E-state index contributed by atoms with van der Waals surface area (Å²) in [5.41, 5.74) is 2.74. The fraction of sp³-hybridized carbons (Fsp3) is 0.292. The second kappa shape index (κ2) is 9.35. The molecule has 2 aromatic rings. The third-order valence-corrected chi connectivity index (χ3v) is 5.51. The molecule has 1 aliphatic heterocycles. The van der Waals surface area contributed by atoms with E-state index in [2.05, 4.69) is 6.07 Å². The number of carbonyl (C=O) groups is 2. The summed E-state index contributed by atoms with van der Waals surface area (Å²) in [4.78, 5) is 27.5. The van der Waals surface area contributed by atoms with Crippen LogP contribution in [0.2, 0.25) is 0 Å². The van der Waals surface area contributed by atoms with Crippen LogP contribution in [-0.2, 0) is 20.9 Å². The van der Waals surface area contributed by atoms with E-state index in [1.54, 1.807) is 50.4 Å². The molecule has 7 heteroatoms. The molecule has 0 aliphatic carbocycles. The number of methoxy groups -OCH3 is 3. The fourth-order valence-corrected chi connectivity index (χ4v) is 3.89. The van der Waals surface area contributed by atoms with Gasteiger partial charge in [0.2, 0.25) is 5.91 Å². The van der Waals surface area contributed by atoms with Crippen LogP contribution < -0.4 is 9.47 Å². The Kier molecular flexibility index (Phi) is 6.61. The summed E-state index contributed by atoms with van der Waals surface area (Å²) in [6, 6.07) is 14.5. The van der Waals surface area contributed by atoms with Gasteiger partial charge in [-0.15, -0.1) is 0 Å². The van der Waals surface area contributed by atoms with Gasteiger partial charge in [0.15, 0.2) is 0 Å². The first-order valence-electron chi connectivity index (χ1n) is 9.74. The van der Waals surface area contributed by atoms with Crippen LogP contribution in [0.1, 0.15) is 36.0 Å². The second-order valence-electron chi connectivity index (χ2n) is 7.10. The van der Waals surface area contributed by atoms with Crippen molar-refractivity contribution < 1.29 is 23.8 Å². The van der Waals surface area contributed by atoms with Crippen LogP contribution in [0.3, 0.4) is 0 Å². The molecule has 1 aliphatic rings. The molecule has 0 radical (unpaired) electrons. The molecule has 7 nitrogen and oxygen atoms in total. The first kappa shape index (κ1) is 21.9. The zero-order valence-electron chi connectivity index (χ0n) is 18.0. The number of ether oxygens (including phenoxy) is 3. The highest BCUT2D eigenvalue weighted by Crippen LogP contribution is 2.42. The van der Waals surface area contributed by atoms with Crippen LogP contribution in [0, 0.1) is 11.3 Å². The maximum absolute atomic E-state index is 13.2. The third-order valence-electron chi connectivity index (χ3n) is 5.51. The lowest BCUT2D eigenvalue weighted by Gasteiger charge is -2.35. The summed E-state index contributed by atoms with van der Waals surface area (Å²) >= 11 is 0. The lowest BCUT2D eigenvalue weighted by Crippen LogP contribution is -2.38. The Labute approximate surface area is 181 Å². The van der Waals surface area contributed by atoms with Gasteiger partial charge in [-0.2, -0.15) is 5.26 Å². The van der Waals surface area contributed by atoms with Gasteiger partial charge >= 0.3 is 5.97 Å². The van der Waals surface area contributed by atoms with Gasteiger partial charge in [0.25, 0.3) is 0 Å². The van der Waals surface area contributed by atoms with E-state index in [-0.39, 0.29) is 18.9 Å². The molecule has 0 aromatic heterocycles. The molecule has 0 bridgehead atoms. The van der Waals surface area contributed by atoms with Crippen LogP contribution in [0.5, 0.6) is 11.5 Å². The van der Waals surface area contributed by atoms with Gasteiger partial charge in [-0.25, -0.2) is 4.79 Å². The maximum Gasteiger partial charge on any atom is 0.336 e. The van der Waals surface area contributed by atoms with E-state index in [9.17, 15) is 14.9 Å². The number of allylic oxidation sites excluding steroid dienone is 1. The van der Waals surface area contributed by atoms with Crippen LogP contribution in [0.15, 0.2) is 53.7 Å². The molecule has 0 saturated carbocycles. The quantitative estimate of drug-likeness (QED) is 0.664. The topological polar surface area (TPSA) is 88.9 Å². The van der Waals surface area contributed by atoms with Gasteiger partial charge in [0.1, 0.15) is 11.5 Å². The minimum absolute atomic E-state index is 0.0556. The normalized spacial score (nSPS) is 16.0. The molecular formula is C24H24N2O5. The van der Waals surface area contributed by atoms with Gasteiger partial charge < -0.3 is 19.1 Å². The highest BCUT2D eigenvalue weighted by Gasteiger charge is 2.38. The molecule has 1 amide bonds. The van der Waals surface area contributed by atoms with E-state index in [4.69, 9.17) is 14.2 Å². The minimum Gasteiger partial charge on any atom is -0.497 e. The maximum atomic E-state index is 13.2. The summed E-state index contributed by atoms with van der Waals surface area (Å²) in [7, 11) is 4.40. The van der Waals surface area contributed by atoms with E-state index in [0.29, 0.717) is 39.5 Å². The number of benzene rings is 2. The Morgan fingerprint density at radius 2 is 1.90 bits per heavy atom. The molecule has 0 N–H and O–H groups in total. The lowest BCUT2D eigenvalue weighted by atomic mass is 9.83. The summed E-state index contributed by atoms with van der Waals surface area (Å²) in [6.07, 6.45) is 0.0556. The predicted octanol–water partition coefficient (Wildman–Crippen LogP) is 3.54. The van der Waals surface area contributed by atoms with Crippen molar-refractivity contribution in [1.29, 1.82) is 5.26 Å². The van der Waals surface area contributed by atoms with Crippen molar-refractivity contribution in [3.63, 3.8) is 0 Å². The van der Waals surface area contributed by atoms with Crippen LogP contribution in [0.4, 0.5) is 0 Å². The standard InChI is InChI=1S/C24H24N2O5/c1-15-23(24(28)31-4)20(19-11-18(29-2)9-10-21(19)30-3)12-22(27)26(15)14-17-8-6-5-7-16(17)13-25/h5-11,20H,12,14H2,1-4H3/t20-/m0/s1. The smallest absolute Gasteiger partial charge is 0.336 e. The number of rotatable bonds is 6. The van der Waals surface area contributed by atoms with Crippen molar-refractivity contribution >= 4 is 11.9 Å². The summed E-state index contributed by atoms with van der Waals surface area (Å²) in [5, 5.41) is 9.39. The Balaban J connectivity index is 2.12. The van der Waals surface area contributed by atoms with E-state index < -0.39 is 11.9 Å². The highest BCUT2D eigenvalue weighted by molar-refractivity contribution is 5.96. The molecule has 0 fully saturated rings. The Morgan fingerprint density at radius 1 is 1.16 bits per heavy atom. The van der Waals surface area contributed by atoms with Crippen molar-refractivity contribution in [1.82, 2.24) is 4.90 Å². The first-order chi connectivity index (χ1) is 14.9. The second-order valence-corrected chi connectivity index (χ2v) is 7.10. The van der Waals surface area contributed by atoms with Gasteiger partial charge in [-0.1, -0.05) is 18.2 Å². The number of hydrogen-bond acceptors (Lipinski definition) is 6. The number of hydrogen-bond donors (Lipinski definition) is 0. The number of nitrogens with zero attached hydrogens (tertiary/aromatic N) is 2. The average molecular weight is 420 g/mol. The van der Waals surface area contributed by atoms with Crippen molar-refractivity contribution in [3.05, 3.63) is 70.4 Å². The van der Waals surface area contributed by atoms with Gasteiger partial charge in [-0.05, 0) is 36.8 Å². The number of carbonyl (C=O) groups excluding carboxylic acids is 2. The van der Waals surface area contributed by atoms with E-state index in [0.717, 1.165) is 0 Å². The van der Waals surface area contributed by atoms with Crippen LogP contribution in [0.25, 0.3) is 0 Å². The van der Waals surface area contributed by atoms with Crippen molar-refractivity contribution in [2.75, 3.05) is 21.3 Å². The zero-order chi connectivity index (χ0) is 22.5. The minimum atomic E-state index is -0.549. The molecule has 31 heavy (non-hydrogen) atoms. The van der Waals surface area contributed by atoms with Crippen LogP contribution in [-0.4, -0.2) is 38.1 Å². The van der Waals surface area contributed by atoms with E-state index >= 15 is 0 Å². The molecule has 3 rings (SSSR count). The number of amides is 1. The molecule has 0 saturated heterocycles. The Hall–Kier alpha value is -3.79. The van der Waals surface area contributed by atoms with Gasteiger partial charge in [-0.3, -0.25) is 4.79 Å². The summed E-state index contributed by atoms with van der Waals surface area (Å²) in [6.45, 7) is 1.91. The average Bonchev–Trinajstić information content (AvgIpc) is 2.80. The first-order valence-corrected chi connectivity index (χ1v) is 9.74. The summed E-state index contributed by atoms with van der Waals surface area (Å²) < 4.78 is 15.9. The zero-order valence-corrected chi connectivity index (χ0v) is 18.0. The lowest BCUT2D eigenvalue weighted by molar-refractivity contribution is -0.138. The van der Waals surface area contributed by atoms with E-state index in [1.807, 2.05) is 6.07 Å². The SMILES string of the molecule is COC(=O)C1=C(C)N(Cc2ccccc2C#N)C(=O)C[C@H]1c1cc(OC)ccc1OC. The van der Waals surface area contributed by atoms with Crippen molar-refractivity contribution in [2.24, 2.45) is 0 Å². The molecule has 0 spiro atoms. The van der Waals surface area contributed by atoms with Crippen molar-refractivity contribution in [3.8, 4) is 17.6 Å². The molecule has 160 valence electrons. The molecular weight excluding hydrogens is 396 g/mol. The highest BCUT2D eigenvalue weighted by atomic mass is 16.5. The molecule has 1 heterocycles. The van der Waals surface area contributed by atoms with Gasteiger partial charge in [0.05, 0.1) is 45.1 Å². The van der Waals surface area contributed by atoms with E-state index in [1.165, 1.54) is 19.1 Å². The number of nitriles is 1. The molecule has 1 atom stereocenters. The fourth-order valence-electron chi connectivity index (χ4n) is 3.89. The third kappa shape index (κ3) is 4.24. The largest absolute Gasteiger partial charge is 0.497 e. The molecule has 2 aromatic carbocycles. The number of esters is 1. The van der Waals surface area contributed by atoms with Crippen LogP contribution >= 0.6 is 0 Å². The predicted molar refractivity (Wildman–Crippen MR) is 113 cm³/mol. The Morgan fingerprint density at radius 3 is 2.55 bits per heavy atom. The summed E-state index contributed by atoms with van der Waals surface area (Å²) in [5.74, 6) is -0.0785. The van der Waals surface area contributed by atoms with Gasteiger partial charge in [0, 0.05) is 23.6 Å².